The Morgan fingerprint density at radius 2 is 2.00 bits per heavy atom. The van der Waals surface area contributed by atoms with E-state index in [0.717, 1.165) is 24.1 Å². The van der Waals surface area contributed by atoms with E-state index in [1.807, 2.05) is 0 Å². The van der Waals surface area contributed by atoms with Crippen LogP contribution in [0.25, 0.3) is 0 Å². The minimum absolute atomic E-state index is 0.241. The fraction of sp³-hybridized carbons (Fsp3) is 0.455. The lowest BCUT2D eigenvalue weighted by Crippen LogP contribution is -2.36. The fourth-order valence-corrected chi connectivity index (χ4v) is 2.07. The number of hydrogen-bond donors (Lipinski definition) is 1. The van der Waals surface area contributed by atoms with Crippen LogP contribution in [0.3, 0.4) is 0 Å². The first-order chi connectivity index (χ1) is 6.77. The van der Waals surface area contributed by atoms with Gasteiger partial charge in [-0.15, -0.1) is 0 Å². The first kappa shape index (κ1) is 10.1. The highest BCUT2D eigenvalue weighted by Gasteiger charge is 2.23. The van der Waals surface area contributed by atoms with Gasteiger partial charge in [0.15, 0.2) is 0 Å². The summed E-state index contributed by atoms with van der Waals surface area (Å²) in [6.07, 6.45) is 0.959. The van der Waals surface area contributed by atoms with Crippen LogP contribution in [0.4, 0.5) is 0 Å². The van der Waals surface area contributed by atoms with Gasteiger partial charge in [0.1, 0.15) is 0 Å². The zero-order chi connectivity index (χ0) is 9.97. The van der Waals surface area contributed by atoms with Crippen molar-refractivity contribution in [2.75, 3.05) is 13.2 Å². The lowest BCUT2D eigenvalue weighted by Gasteiger charge is -2.28. The van der Waals surface area contributed by atoms with Gasteiger partial charge in [-0.05, 0) is 24.1 Å². The van der Waals surface area contributed by atoms with E-state index in [4.69, 9.17) is 10.5 Å². The number of ether oxygens (including phenoxy) is 1. The molecule has 0 radical (unpaired) electrons. The van der Waals surface area contributed by atoms with Gasteiger partial charge in [-0.3, -0.25) is 0 Å². The monoisotopic (exact) mass is 255 g/mol. The van der Waals surface area contributed by atoms with Gasteiger partial charge < -0.3 is 10.5 Å². The van der Waals surface area contributed by atoms with Gasteiger partial charge in [-0.2, -0.15) is 0 Å². The Hall–Kier alpha value is -0.380. The molecule has 0 aliphatic carbocycles. The summed E-state index contributed by atoms with van der Waals surface area (Å²) in [6, 6.07) is 8.57. The Morgan fingerprint density at radius 1 is 1.29 bits per heavy atom. The summed E-state index contributed by atoms with van der Waals surface area (Å²) in [5.41, 5.74) is 7.34. The number of rotatable bonds is 1. The van der Waals surface area contributed by atoms with Crippen molar-refractivity contribution in [2.45, 2.75) is 18.4 Å². The molecule has 14 heavy (non-hydrogen) atoms. The summed E-state index contributed by atoms with van der Waals surface area (Å²) in [6.45, 7) is 1.55. The highest BCUT2D eigenvalue weighted by Crippen LogP contribution is 2.25. The zero-order valence-corrected chi connectivity index (χ0v) is 9.53. The molecule has 1 aliphatic rings. The minimum atomic E-state index is 0.241. The second-order valence-corrected chi connectivity index (χ2v) is 4.60. The van der Waals surface area contributed by atoms with Gasteiger partial charge >= 0.3 is 0 Å². The highest BCUT2D eigenvalue weighted by molar-refractivity contribution is 9.10. The smallest absolute Gasteiger partial charge is 0.0549 e. The molecular weight excluding hydrogens is 242 g/mol. The molecule has 0 amide bonds. The molecule has 3 heteroatoms. The molecule has 0 bridgehead atoms. The molecule has 2 unspecified atom stereocenters. The van der Waals surface area contributed by atoms with Crippen LogP contribution in [-0.2, 0) is 4.74 Å². The van der Waals surface area contributed by atoms with Crippen LogP contribution in [0.2, 0.25) is 0 Å². The number of nitrogens with two attached hydrogens (primary N) is 1. The molecule has 2 atom stereocenters. The molecular formula is C11H14BrNO. The maximum Gasteiger partial charge on any atom is 0.0549 e. The van der Waals surface area contributed by atoms with Crippen molar-refractivity contribution >= 4 is 15.9 Å². The number of halogens is 1. The Kier molecular flexibility index (Phi) is 3.21. The molecule has 1 aromatic carbocycles. The zero-order valence-electron chi connectivity index (χ0n) is 7.95. The summed E-state index contributed by atoms with van der Waals surface area (Å²) in [7, 11) is 0. The standard InChI is InChI=1S/C11H14BrNO/c12-9-3-1-8(2-4-9)10-7-14-6-5-11(10)13/h1-4,10-11H,5-7,13H2. The lowest BCUT2D eigenvalue weighted by atomic mass is 9.89. The molecule has 1 aliphatic heterocycles. The molecule has 2 nitrogen and oxygen atoms in total. The van der Waals surface area contributed by atoms with Crippen molar-refractivity contribution < 1.29 is 4.74 Å². The van der Waals surface area contributed by atoms with Gasteiger partial charge in [0.2, 0.25) is 0 Å². The Bertz CT molecular complexity index is 299. The number of benzene rings is 1. The third kappa shape index (κ3) is 2.16. The van der Waals surface area contributed by atoms with Crippen molar-refractivity contribution in [1.29, 1.82) is 0 Å². The second-order valence-electron chi connectivity index (χ2n) is 3.69. The van der Waals surface area contributed by atoms with E-state index in [-0.39, 0.29) is 6.04 Å². The highest BCUT2D eigenvalue weighted by atomic mass is 79.9. The summed E-state index contributed by atoms with van der Waals surface area (Å²) < 4.78 is 6.55. The normalized spacial score (nSPS) is 27.6. The number of hydrogen-bond acceptors (Lipinski definition) is 2. The van der Waals surface area contributed by atoms with Crippen LogP contribution in [0, 0.1) is 0 Å². The van der Waals surface area contributed by atoms with Crippen LogP contribution in [0.5, 0.6) is 0 Å². The molecule has 0 aromatic heterocycles. The van der Waals surface area contributed by atoms with E-state index in [2.05, 4.69) is 40.2 Å². The molecule has 1 fully saturated rings. The van der Waals surface area contributed by atoms with Crippen molar-refractivity contribution in [3.8, 4) is 0 Å². The Balaban J connectivity index is 2.16. The average Bonchev–Trinajstić information content (AvgIpc) is 2.20. The first-order valence-electron chi connectivity index (χ1n) is 4.86. The van der Waals surface area contributed by atoms with Crippen LogP contribution in [0.1, 0.15) is 17.9 Å². The van der Waals surface area contributed by atoms with Gasteiger partial charge in [0, 0.05) is 23.0 Å². The van der Waals surface area contributed by atoms with Gasteiger partial charge in [-0.1, -0.05) is 28.1 Å². The van der Waals surface area contributed by atoms with Crippen LogP contribution in [0.15, 0.2) is 28.7 Å². The third-order valence-corrected chi connectivity index (χ3v) is 3.24. The molecule has 1 saturated heterocycles. The maximum atomic E-state index is 6.06. The van der Waals surface area contributed by atoms with Gasteiger partial charge in [0.25, 0.3) is 0 Å². The predicted molar refractivity (Wildman–Crippen MR) is 60.3 cm³/mol. The third-order valence-electron chi connectivity index (χ3n) is 2.71. The first-order valence-corrected chi connectivity index (χ1v) is 5.65. The van der Waals surface area contributed by atoms with Crippen LogP contribution >= 0.6 is 15.9 Å². The van der Waals surface area contributed by atoms with Gasteiger partial charge in [0.05, 0.1) is 6.61 Å². The summed E-state index contributed by atoms with van der Waals surface area (Å²) in [5, 5.41) is 0. The predicted octanol–water partition coefficient (Wildman–Crippen LogP) is 2.28. The van der Waals surface area contributed by atoms with E-state index in [9.17, 15) is 0 Å². The average molecular weight is 256 g/mol. The lowest BCUT2D eigenvalue weighted by molar-refractivity contribution is 0.0691. The van der Waals surface area contributed by atoms with E-state index in [0.29, 0.717) is 5.92 Å². The van der Waals surface area contributed by atoms with Crippen molar-refractivity contribution in [1.82, 2.24) is 0 Å². The molecule has 2 N–H and O–H groups in total. The summed E-state index contributed by atoms with van der Waals surface area (Å²) in [4.78, 5) is 0. The van der Waals surface area contributed by atoms with E-state index in [1.54, 1.807) is 0 Å². The second kappa shape index (κ2) is 4.43. The Morgan fingerprint density at radius 3 is 2.64 bits per heavy atom. The Labute approximate surface area is 92.6 Å². The molecule has 76 valence electrons. The van der Waals surface area contributed by atoms with Crippen LogP contribution in [-0.4, -0.2) is 19.3 Å². The van der Waals surface area contributed by atoms with Gasteiger partial charge in [-0.25, -0.2) is 0 Å². The molecule has 0 spiro atoms. The molecule has 1 aromatic rings. The topological polar surface area (TPSA) is 35.2 Å². The van der Waals surface area contributed by atoms with Crippen molar-refractivity contribution in [3.63, 3.8) is 0 Å². The summed E-state index contributed by atoms with van der Waals surface area (Å²) >= 11 is 3.42. The van der Waals surface area contributed by atoms with Crippen molar-refractivity contribution in [2.24, 2.45) is 5.73 Å². The van der Waals surface area contributed by atoms with Crippen molar-refractivity contribution in [3.05, 3.63) is 34.3 Å². The van der Waals surface area contributed by atoms with E-state index in [1.165, 1.54) is 5.56 Å². The van der Waals surface area contributed by atoms with E-state index >= 15 is 0 Å². The maximum absolute atomic E-state index is 6.06. The summed E-state index contributed by atoms with van der Waals surface area (Å²) in [5.74, 6) is 0.358. The largest absolute Gasteiger partial charge is 0.381 e. The molecule has 1 heterocycles. The fourth-order valence-electron chi connectivity index (χ4n) is 1.81. The quantitative estimate of drug-likeness (QED) is 0.836. The molecule has 0 saturated carbocycles. The SMILES string of the molecule is NC1CCOCC1c1ccc(Br)cc1. The molecule has 2 rings (SSSR count). The van der Waals surface area contributed by atoms with Crippen LogP contribution < -0.4 is 5.73 Å². The van der Waals surface area contributed by atoms with E-state index < -0.39 is 0 Å². The minimum Gasteiger partial charge on any atom is -0.381 e.